The molecule has 0 unspecified atom stereocenters. The molecule has 2 aromatic heterocycles. The molecule has 3 N–H and O–H groups in total. The highest BCUT2D eigenvalue weighted by molar-refractivity contribution is 5.75. The van der Waals surface area contributed by atoms with Crippen molar-refractivity contribution in [2.24, 2.45) is 5.92 Å². The number of aromatic amines is 1. The van der Waals surface area contributed by atoms with Gasteiger partial charge in [-0.05, 0) is 68.7 Å². The first-order valence-electron chi connectivity index (χ1n) is 11.9. The van der Waals surface area contributed by atoms with Crippen LogP contribution in [0.2, 0.25) is 0 Å². The summed E-state index contributed by atoms with van der Waals surface area (Å²) >= 11 is 0. The van der Waals surface area contributed by atoms with Gasteiger partial charge in [0.2, 0.25) is 5.95 Å². The molecule has 5 rings (SSSR count). The van der Waals surface area contributed by atoms with E-state index in [0.29, 0.717) is 29.6 Å². The van der Waals surface area contributed by atoms with Gasteiger partial charge in [-0.2, -0.15) is 4.98 Å². The number of aliphatic hydroxyl groups excluding tert-OH is 1. The van der Waals surface area contributed by atoms with E-state index in [0.717, 1.165) is 50.4 Å². The monoisotopic (exact) mass is 436 g/mol. The normalized spacial score (nSPS) is 18.0. The molecule has 1 aromatic carbocycles. The molecular weight excluding hydrogens is 404 g/mol. The smallest absolute Gasteiger partial charge is 0.275 e. The van der Waals surface area contributed by atoms with Crippen LogP contribution in [0.3, 0.4) is 0 Å². The molecule has 0 radical (unpaired) electrons. The number of piperidine rings is 1. The Kier molecular flexibility index (Phi) is 6.12. The lowest BCUT2D eigenvalue weighted by Crippen LogP contribution is -2.33. The van der Waals surface area contributed by atoms with E-state index >= 15 is 0 Å². The van der Waals surface area contributed by atoms with Crippen molar-refractivity contribution in [1.29, 1.82) is 0 Å². The van der Waals surface area contributed by atoms with Gasteiger partial charge in [-0.25, -0.2) is 4.98 Å². The lowest BCUT2D eigenvalue weighted by atomic mass is 9.92. The molecule has 0 amide bonds. The molecular formula is C24H32N6O2. The summed E-state index contributed by atoms with van der Waals surface area (Å²) < 4.78 is 1.94. The third-order valence-electron chi connectivity index (χ3n) is 7.03. The van der Waals surface area contributed by atoms with Gasteiger partial charge in [0.25, 0.3) is 5.56 Å². The summed E-state index contributed by atoms with van der Waals surface area (Å²) in [6.07, 6.45) is 10.6. The second kappa shape index (κ2) is 9.32. The predicted octanol–water partition coefficient (Wildman–Crippen LogP) is 3.97. The SMILES string of the molecule is O=c1[nH]n(C2CCCC2)c2nc(Nc3ccc(N4CCC(CCCO)CC4)cc3)ncc12. The number of rotatable bonds is 7. The maximum absolute atomic E-state index is 12.3. The summed E-state index contributed by atoms with van der Waals surface area (Å²) in [6.45, 7) is 2.43. The highest BCUT2D eigenvalue weighted by Gasteiger charge is 2.22. The number of aromatic nitrogens is 4. The fourth-order valence-electron chi connectivity index (χ4n) is 5.17. The Hall–Kier alpha value is -2.87. The van der Waals surface area contributed by atoms with Crippen LogP contribution >= 0.6 is 0 Å². The van der Waals surface area contributed by atoms with Crippen LogP contribution in [-0.4, -0.2) is 44.6 Å². The minimum atomic E-state index is -0.122. The number of benzene rings is 1. The van der Waals surface area contributed by atoms with Gasteiger partial charge in [0.05, 0.1) is 6.04 Å². The molecule has 2 fully saturated rings. The van der Waals surface area contributed by atoms with Crippen molar-refractivity contribution >= 4 is 28.4 Å². The Bertz CT molecular complexity index is 1090. The van der Waals surface area contributed by atoms with Crippen molar-refractivity contribution in [2.75, 3.05) is 29.9 Å². The van der Waals surface area contributed by atoms with E-state index in [4.69, 9.17) is 5.11 Å². The summed E-state index contributed by atoms with van der Waals surface area (Å²) in [5, 5.41) is 15.8. The molecule has 0 bridgehead atoms. The average Bonchev–Trinajstić information content (AvgIpc) is 3.47. The maximum Gasteiger partial charge on any atom is 0.275 e. The van der Waals surface area contributed by atoms with E-state index in [2.05, 4.69) is 49.5 Å². The first-order chi connectivity index (χ1) is 15.7. The van der Waals surface area contributed by atoms with Crippen LogP contribution in [0.15, 0.2) is 35.3 Å². The molecule has 170 valence electrons. The number of hydrogen-bond acceptors (Lipinski definition) is 6. The van der Waals surface area contributed by atoms with Crippen LogP contribution in [0, 0.1) is 5.92 Å². The Morgan fingerprint density at radius 2 is 1.84 bits per heavy atom. The molecule has 0 spiro atoms. The fraction of sp³-hybridized carbons (Fsp3) is 0.542. The molecule has 3 aromatic rings. The molecule has 1 saturated heterocycles. The summed E-state index contributed by atoms with van der Waals surface area (Å²) in [7, 11) is 0. The van der Waals surface area contributed by atoms with Gasteiger partial charge < -0.3 is 15.3 Å². The highest BCUT2D eigenvalue weighted by Crippen LogP contribution is 2.31. The summed E-state index contributed by atoms with van der Waals surface area (Å²) in [4.78, 5) is 23.8. The number of aliphatic hydroxyl groups is 1. The molecule has 8 heteroatoms. The van der Waals surface area contributed by atoms with Crippen molar-refractivity contribution in [3.8, 4) is 0 Å². The number of hydrogen-bond donors (Lipinski definition) is 3. The first kappa shape index (κ1) is 21.0. The highest BCUT2D eigenvalue weighted by atomic mass is 16.2. The van der Waals surface area contributed by atoms with Crippen molar-refractivity contribution in [2.45, 2.75) is 57.4 Å². The lowest BCUT2D eigenvalue weighted by molar-refractivity contribution is 0.261. The first-order valence-corrected chi connectivity index (χ1v) is 11.9. The minimum Gasteiger partial charge on any atom is -0.396 e. The zero-order chi connectivity index (χ0) is 21.9. The summed E-state index contributed by atoms with van der Waals surface area (Å²) in [5.74, 6) is 1.24. The molecule has 8 nitrogen and oxygen atoms in total. The number of fused-ring (bicyclic) bond motifs is 1. The molecule has 2 aliphatic rings. The van der Waals surface area contributed by atoms with E-state index in [1.807, 2.05) is 4.68 Å². The van der Waals surface area contributed by atoms with Crippen LogP contribution < -0.4 is 15.8 Å². The van der Waals surface area contributed by atoms with Crippen molar-refractivity contribution < 1.29 is 5.11 Å². The van der Waals surface area contributed by atoms with Crippen LogP contribution in [-0.2, 0) is 0 Å². The van der Waals surface area contributed by atoms with E-state index in [-0.39, 0.29) is 5.56 Å². The number of anilines is 3. The van der Waals surface area contributed by atoms with Gasteiger partial charge in [0.15, 0.2) is 5.65 Å². The van der Waals surface area contributed by atoms with Crippen LogP contribution in [0.4, 0.5) is 17.3 Å². The van der Waals surface area contributed by atoms with E-state index < -0.39 is 0 Å². The third-order valence-corrected chi connectivity index (χ3v) is 7.03. The van der Waals surface area contributed by atoms with E-state index in [9.17, 15) is 4.79 Å². The summed E-state index contributed by atoms with van der Waals surface area (Å²) in [6, 6.07) is 8.71. The van der Waals surface area contributed by atoms with Gasteiger partial charge in [0, 0.05) is 37.3 Å². The van der Waals surface area contributed by atoms with Gasteiger partial charge in [0.1, 0.15) is 5.39 Å². The van der Waals surface area contributed by atoms with E-state index in [1.54, 1.807) is 6.20 Å². The number of nitrogens with one attached hydrogen (secondary N) is 2. The van der Waals surface area contributed by atoms with E-state index in [1.165, 1.54) is 31.4 Å². The molecule has 1 saturated carbocycles. The lowest BCUT2D eigenvalue weighted by Gasteiger charge is -2.33. The Balaban J connectivity index is 1.26. The molecule has 1 aliphatic carbocycles. The van der Waals surface area contributed by atoms with Gasteiger partial charge >= 0.3 is 0 Å². The maximum atomic E-state index is 12.3. The average molecular weight is 437 g/mol. The Labute approximate surface area is 187 Å². The van der Waals surface area contributed by atoms with Gasteiger partial charge in [-0.3, -0.25) is 14.6 Å². The third kappa shape index (κ3) is 4.37. The van der Waals surface area contributed by atoms with Crippen LogP contribution in [0.5, 0.6) is 0 Å². The minimum absolute atomic E-state index is 0.122. The molecule has 0 atom stereocenters. The standard InChI is InChI=1S/C24H32N6O2/c31-15-3-4-17-11-13-29(14-12-17)19-9-7-18(8-10-19)26-24-25-16-21-22(27-24)30(28-23(21)32)20-5-1-2-6-20/h7-10,16-17,20,31H,1-6,11-15H2,(H,28,32)(H,25,26,27). The number of nitrogens with zero attached hydrogens (tertiary/aromatic N) is 4. The summed E-state index contributed by atoms with van der Waals surface area (Å²) in [5.41, 5.74) is 2.72. The van der Waals surface area contributed by atoms with Gasteiger partial charge in [-0.1, -0.05) is 12.8 Å². The Morgan fingerprint density at radius 3 is 2.56 bits per heavy atom. The van der Waals surface area contributed by atoms with Crippen molar-refractivity contribution in [1.82, 2.24) is 19.7 Å². The zero-order valence-electron chi connectivity index (χ0n) is 18.5. The predicted molar refractivity (Wildman–Crippen MR) is 127 cm³/mol. The quantitative estimate of drug-likeness (QED) is 0.518. The number of H-pyrrole nitrogens is 1. The second-order valence-electron chi connectivity index (χ2n) is 9.15. The zero-order valence-corrected chi connectivity index (χ0v) is 18.5. The van der Waals surface area contributed by atoms with Gasteiger partial charge in [-0.15, -0.1) is 0 Å². The molecule has 1 aliphatic heterocycles. The van der Waals surface area contributed by atoms with Crippen LogP contribution in [0.25, 0.3) is 11.0 Å². The van der Waals surface area contributed by atoms with Crippen LogP contribution in [0.1, 0.15) is 57.4 Å². The van der Waals surface area contributed by atoms with Crippen molar-refractivity contribution in [3.63, 3.8) is 0 Å². The molecule has 32 heavy (non-hydrogen) atoms. The molecule has 3 heterocycles. The van der Waals surface area contributed by atoms with Crippen molar-refractivity contribution in [3.05, 3.63) is 40.8 Å². The fourth-order valence-corrected chi connectivity index (χ4v) is 5.17. The topological polar surface area (TPSA) is 99.1 Å². The second-order valence-corrected chi connectivity index (χ2v) is 9.15. The Morgan fingerprint density at radius 1 is 1.09 bits per heavy atom. The largest absolute Gasteiger partial charge is 0.396 e.